The first-order chi connectivity index (χ1) is 9.85. The van der Waals surface area contributed by atoms with E-state index in [9.17, 15) is 8.42 Å². The largest absolute Gasteiger partial charge is 0.354 e. The van der Waals surface area contributed by atoms with Crippen molar-refractivity contribution in [2.24, 2.45) is 16.8 Å². The lowest BCUT2D eigenvalue weighted by Gasteiger charge is -2.34. The van der Waals surface area contributed by atoms with Crippen LogP contribution in [0.5, 0.6) is 0 Å². The lowest BCUT2D eigenvalue weighted by atomic mass is 9.99. The number of piperidine rings is 1. The van der Waals surface area contributed by atoms with Crippen LogP contribution in [0.15, 0.2) is 4.99 Å². The first-order valence-corrected chi connectivity index (χ1v) is 9.94. The molecule has 0 aromatic carbocycles. The van der Waals surface area contributed by atoms with Crippen LogP contribution in [-0.4, -0.2) is 56.5 Å². The molecule has 2 saturated heterocycles. The minimum Gasteiger partial charge on any atom is -0.354 e. The molecule has 122 valence electrons. The average Bonchev–Trinajstić information content (AvgIpc) is 2.75. The smallest absolute Gasteiger partial charge is 0.194 e. The second-order valence-corrected chi connectivity index (χ2v) is 9.13. The summed E-state index contributed by atoms with van der Waals surface area (Å²) in [6.45, 7) is 9.24. The molecule has 1 atom stereocenters. The van der Waals surface area contributed by atoms with Crippen LogP contribution in [0.25, 0.3) is 0 Å². The molecule has 2 rings (SSSR count). The van der Waals surface area contributed by atoms with E-state index in [0.29, 0.717) is 24.1 Å². The van der Waals surface area contributed by atoms with E-state index in [1.807, 2.05) is 0 Å². The molecule has 0 saturated carbocycles. The summed E-state index contributed by atoms with van der Waals surface area (Å²) in [6, 6.07) is 0.343. The summed E-state index contributed by atoms with van der Waals surface area (Å²) in [5.41, 5.74) is 0. The lowest BCUT2D eigenvalue weighted by molar-refractivity contribution is 0.271. The van der Waals surface area contributed by atoms with Crippen molar-refractivity contribution < 1.29 is 8.42 Å². The number of hydrogen-bond acceptors (Lipinski definition) is 3. The quantitative estimate of drug-likeness (QED) is 0.633. The minimum absolute atomic E-state index is 0.197. The minimum atomic E-state index is -2.80. The van der Waals surface area contributed by atoms with Crippen molar-refractivity contribution in [3.05, 3.63) is 0 Å². The van der Waals surface area contributed by atoms with Crippen LogP contribution in [0, 0.1) is 11.8 Å². The molecule has 2 heterocycles. The van der Waals surface area contributed by atoms with Crippen molar-refractivity contribution in [1.29, 1.82) is 0 Å². The molecule has 1 N–H and O–H groups in total. The molecule has 0 aliphatic carbocycles. The molecule has 0 radical (unpaired) electrons. The highest BCUT2D eigenvalue weighted by Gasteiger charge is 2.28. The van der Waals surface area contributed by atoms with Gasteiger partial charge in [0.2, 0.25) is 0 Å². The topological polar surface area (TPSA) is 61.8 Å². The maximum absolute atomic E-state index is 11.5. The molecule has 6 heteroatoms. The summed E-state index contributed by atoms with van der Waals surface area (Å²) >= 11 is 0. The van der Waals surface area contributed by atoms with E-state index in [2.05, 4.69) is 31.0 Å². The van der Waals surface area contributed by atoms with Gasteiger partial charge in [-0.05, 0) is 44.9 Å². The molecule has 0 bridgehead atoms. The third kappa shape index (κ3) is 5.16. The van der Waals surface area contributed by atoms with Crippen LogP contribution < -0.4 is 5.32 Å². The molecule has 0 aromatic rings. The number of guanidine groups is 1. The molecule has 2 aliphatic rings. The van der Waals surface area contributed by atoms with Crippen LogP contribution in [0.4, 0.5) is 0 Å². The first kappa shape index (κ1) is 16.6. The van der Waals surface area contributed by atoms with E-state index < -0.39 is 9.84 Å². The van der Waals surface area contributed by atoms with Gasteiger partial charge in [-0.1, -0.05) is 6.92 Å². The van der Waals surface area contributed by atoms with Crippen molar-refractivity contribution in [3.8, 4) is 0 Å². The van der Waals surface area contributed by atoms with Crippen LogP contribution in [0.1, 0.15) is 40.0 Å². The zero-order chi connectivity index (χ0) is 15.5. The number of hydrogen-bond donors (Lipinski definition) is 1. The van der Waals surface area contributed by atoms with Gasteiger partial charge in [0.05, 0.1) is 11.5 Å². The van der Waals surface area contributed by atoms with E-state index >= 15 is 0 Å². The van der Waals surface area contributed by atoms with Crippen molar-refractivity contribution in [2.45, 2.75) is 46.1 Å². The van der Waals surface area contributed by atoms with Gasteiger partial charge in [0.1, 0.15) is 0 Å². The SMILES string of the molecule is CC1CCN(C(=NCC2CCS(=O)(=O)C2)NC(C)C)CC1. The molecular formula is C15H29N3O2S. The second-order valence-electron chi connectivity index (χ2n) is 6.90. The van der Waals surface area contributed by atoms with Gasteiger partial charge in [0.15, 0.2) is 15.8 Å². The van der Waals surface area contributed by atoms with Gasteiger partial charge in [0, 0.05) is 25.7 Å². The highest BCUT2D eigenvalue weighted by Crippen LogP contribution is 2.19. The summed E-state index contributed by atoms with van der Waals surface area (Å²) in [6.07, 6.45) is 3.17. The molecule has 0 amide bonds. The fourth-order valence-electron chi connectivity index (χ4n) is 2.95. The van der Waals surface area contributed by atoms with Crippen molar-refractivity contribution in [2.75, 3.05) is 31.1 Å². The highest BCUT2D eigenvalue weighted by atomic mass is 32.2. The zero-order valence-electron chi connectivity index (χ0n) is 13.5. The number of nitrogens with one attached hydrogen (secondary N) is 1. The average molecular weight is 315 g/mol. The standard InChI is InChI=1S/C15H29N3O2S/c1-12(2)17-15(18-7-4-13(3)5-8-18)16-10-14-6-9-21(19,20)11-14/h12-14H,4-11H2,1-3H3,(H,16,17). The Bertz CT molecular complexity index is 465. The van der Waals surface area contributed by atoms with Crippen molar-refractivity contribution in [1.82, 2.24) is 10.2 Å². The molecule has 5 nitrogen and oxygen atoms in total. The van der Waals surface area contributed by atoms with Gasteiger partial charge >= 0.3 is 0 Å². The van der Waals surface area contributed by atoms with Crippen molar-refractivity contribution >= 4 is 15.8 Å². The Kier molecular flexibility index (Phi) is 5.52. The van der Waals surface area contributed by atoms with Gasteiger partial charge in [-0.3, -0.25) is 4.99 Å². The molecule has 21 heavy (non-hydrogen) atoms. The van der Waals surface area contributed by atoms with Gasteiger partial charge in [-0.15, -0.1) is 0 Å². The molecule has 0 spiro atoms. The van der Waals surface area contributed by atoms with E-state index in [4.69, 9.17) is 4.99 Å². The van der Waals surface area contributed by atoms with Gasteiger partial charge < -0.3 is 10.2 Å². The van der Waals surface area contributed by atoms with Crippen LogP contribution in [0.3, 0.4) is 0 Å². The zero-order valence-corrected chi connectivity index (χ0v) is 14.3. The summed E-state index contributed by atoms with van der Waals surface area (Å²) in [4.78, 5) is 7.05. The summed E-state index contributed by atoms with van der Waals surface area (Å²) < 4.78 is 23.1. The predicted molar refractivity (Wildman–Crippen MR) is 87.3 cm³/mol. The summed E-state index contributed by atoms with van der Waals surface area (Å²) in [5.74, 6) is 2.59. The van der Waals surface area contributed by atoms with Crippen molar-refractivity contribution in [3.63, 3.8) is 0 Å². The Hall–Kier alpha value is -0.780. The fourth-order valence-corrected chi connectivity index (χ4v) is 4.80. The Balaban J connectivity index is 1.96. The first-order valence-electron chi connectivity index (χ1n) is 8.12. The molecule has 2 fully saturated rings. The second kappa shape index (κ2) is 6.99. The van der Waals surface area contributed by atoms with Crippen LogP contribution in [-0.2, 0) is 9.84 Å². The van der Waals surface area contributed by atoms with E-state index in [1.54, 1.807) is 0 Å². The molecule has 0 aromatic heterocycles. The maximum atomic E-state index is 11.5. The van der Waals surface area contributed by atoms with E-state index in [-0.39, 0.29) is 5.92 Å². The molecular weight excluding hydrogens is 286 g/mol. The van der Waals surface area contributed by atoms with E-state index in [0.717, 1.165) is 31.4 Å². The normalized spacial score (nSPS) is 27.3. The predicted octanol–water partition coefficient (Wildman–Crippen LogP) is 1.51. The lowest BCUT2D eigenvalue weighted by Crippen LogP contribution is -2.47. The number of likely N-dealkylation sites (tertiary alicyclic amines) is 1. The number of nitrogens with zero attached hydrogens (tertiary/aromatic N) is 2. The monoisotopic (exact) mass is 315 g/mol. The van der Waals surface area contributed by atoms with Gasteiger partial charge in [-0.2, -0.15) is 0 Å². The Morgan fingerprint density at radius 3 is 2.48 bits per heavy atom. The summed E-state index contributed by atoms with van der Waals surface area (Å²) in [7, 11) is -2.80. The third-order valence-electron chi connectivity index (χ3n) is 4.33. The Morgan fingerprint density at radius 1 is 1.29 bits per heavy atom. The Morgan fingerprint density at radius 2 is 1.95 bits per heavy atom. The van der Waals surface area contributed by atoms with Crippen LogP contribution >= 0.6 is 0 Å². The molecule has 2 aliphatic heterocycles. The van der Waals surface area contributed by atoms with Gasteiger partial charge in [0.25, 0.3) is 0 Å². The number of aliphatic imine (C=N–C) groups is 1. The third-order valence-corrected chi connectivity index (χ3v) is 6.16. The van der Waals surface area contributed by atoms with Gasteiger partial charge in [-0.25, -0.2) is 8.42 Å². The summed E-state index contributed by atoms with van der Waals surface area (Å²) in [5, 5.41) is 3.44. The highest BCUT2D eigenvalue weighted by molar-refractivity contribution is 7.91. The number of sulfone groups is 1. The fraction of sp³-hybridized carbons (Fsp3) is 0.933. The Labute approximate surface area is 129 Å². The maximum Gasteiger partial charge on any atom is 0.194 e. The van der Waals surface area contributed by atoms with Crippen LogP contribution in [0.2, 0.25) is 0 Å². The van der Waals surface area contributed by atoms with E-state index in [1.165, 1.54) is 12.8 Å². The number of rotatable bonds is 3. The molecule has 1 unspecified atom stereocenters.